The van der Waals surface area contributed by atoms with Crippen molar-refractivity contribution in [2.75, 3.05) is 45.0 Å². The fraction of sp³-hybridized carbons (Fsp3) is 1.00. The summed E-state index contributed by atoms with van der Waals surface area (Å²) >= 11 is 11.4. The van der Waals surface area contributed by atoms with Gasteiger partial charge in [0.1, 0.15) is 0 Å². The van der Waals surface area contributed by atoms with Crippen molar-refractivity contribution in [3.05, 3.63) is 0 Å². The zero-order valence-corrected chi connectivity index (χ0v) is 12.6. The van der Waals surface area contributed by atoms with Gasteiger partial charge in [-0.05, 0) is 0 Å². The van der Waals surface area contributed by atoms with Crippen LogP contribution in [0.5, 0.6) is 0 Å². The predicted octanol–water partition coefficient (Wildman–Crippen LogP) is 2.86. The van der Waals surface area contributed by atoms with Crippen LogP contribution in [0.4, 0.5) is 0 Å². The molecular weight excluding hydrogens is 270 g/mol. The van der Waals surface area contributed by atoms with Gasteiger partial charge in [0.2, 0.25) is 0 Å². The van der Waals surface area contributed by atoms with E-state index in [1.165, 1.54) is 7.11 Å². The number of nitrogens with zero attached hydrogens (tertiary/aromatic N) is 2. The minimum Gasteiger partial charge on any atom is -0.309 e. The topological polar surface area (TPSA) is 32.8 Å². The van der Waals surface area contributed by atoms with E-state index in [9.17, 15) is 4.57 Å². The lowest BCUT2D eigenvalue weighted by atomic mass is 10.6. The molecule has 0 spiro atoms. The molecule has 0 aromatic heterocycles. The van der Waals surface area contributed by atoms with Crippen LogP contribution in [0.2, 0.25) is 0 Å². The highest BCUT2D eigenvalue weighted by Crippen LogP contribution is 2.53. The van der Waals surface area contributed by atoms with Crippen molar-refractivity contribution in [2.24, 2.45) is 0 Å². The molecule has 0 aliphatic rings. The second-order valence-corrected chi connectivity index (χ2v) is 6.38. The van der Waals surface area contributed by atoms with Crippen molar-refractivity contribution in [2.45, 2.75) is 13.8 Å². The van der Waals surface area contributed by atoms with E-state index in [0.717, 1.165) is 0 Å². The molecule has 16 heavy (non-hydrogen) atoms. The molecular formula is C9H21Cl2N2O2P. The predicted molar refractivity (Wildman–Crippen MR) is 70.5 cm³/mol. The highest BCUT2D eigenvalue weighted by Gasteiger charge is 2.35. The summed E-state index contributed by atoms with van der Waals surface area (Å²) in [7, 11) is -1.49. The Hall–Kier alpha value is 0.690. The number of rotatable bonds is 9. The molecule has 4 nitrogen and oxygen atoms in total. The zero-order valence-electron chi connectivity index (χ0n) is 10.2. The summed E-state index contributed by atoms with van der Waals surface area (Å²) in [5.74, 6) is 0.816. The van der Waals surface area contributed by atoms with E-state index >= 15 is 0 Å². The Morgan fingerprint density at radius 1 is 1.06 bits per heavy atom. The maximum atomic E-state index is 12.7. The molecule has 0 amide bonds. The molecule has 0 rings (SSSR count). The van der Waals surface area contributed by atoms with E-state index < -0.39 is 7.67 Å². The first-order valence-electron chi connectivity index (χ1n) is 5.39. The van der Waals surface area contributed by atoms with Crippen LogP contribution in [-0.2, 0) is 9.09 Å². The summed E-state index contributed by atoms with van der Waals surface area (Å²) in [4.78, 5) is 0. The van der Waals surface area contributed by atoms with E-state index in [1.54, 1.807) is 4.67 Å². The third kappa shape index (κ3) is 4.17. The highest BCUT2D eigenvalue weighted by molar-refractivity contribution is 7.53. The standard InChI is InChI=1S/C9H21Cl2N2O2P/c1-4-12(5-2)16(14,15-3)13(8-6-10)9-7-11/h4-9H2,1-3H3. The molecule has 0 aromatic rings. The van der Waals surface area contributed by atoms with Gasteiger partial charge in [0.15, 0.2) is 0 Å². The third-order valence-corrected chi connectivity index (χ3v) is 5.58. The van der Waals surface area contributed by atoms with Gasteiger partial charge in [-0.1, -0.05) is 13.8 Å². The van der Waals surface area contributed by atoms with Gasteiger partial charge in [-0.25, -0.2) is 9.34 Å². The van der Waals surface area contributed by atoms with Crippen molar-refractivity contribution >= 4 is 30.9 Å². The first-order chi connectivity index (χ1) is 7.60. The van der Waals surface area contributed by atoms with Gasteiger partial charge in [0, 0.05) is 45.0 Å². The first-order valence-corrected chi connectivity index (χ1v) is 7.99. The molecule has 0 radical (unpaired) electrons. The van der Waals surface area contributed by atoms with Crippen LogP contribution in [-0.4, -0.2) is 54.4 Å². The second-order valence-electron chi connectivity index (χ2n) is 3.14. The Labute approximate surface area is 108 Å². The molecule has 0 heterocycles. The minimum atomic E-state index is -2.96. The Balaban J connectivity index is 4.91. The normalized spacial score (nSPS) is 15.7. The summed E-state index contributed by atoms with van der Waals surface area (Å²) < 4.78 is 21.5. The molecule has 98 valence electrons. The SMILES string of the molecule is CCN(CC)P(=O)(OC)N(CCCl)CCCl. The molecule has 0 saturated carbocycles. The van der Waals surface area contributed by atoms with Crippen LogP contribution in [0, 0.1) is 0 Å². The second kappa shape index (κ2) is 8.73. The van der Waals surface area contributed by atoms with Crippen molar-refractivity contribution in [1.82, 2.24) is 9.34 Å². The average molecular weight is 291 g/mol. The van der Waals surface area contributed by atoms with E-state index in [4.69, 9.17) is 27.7 Å². The fourth-order valence-electron chi connectivity index (χ4n) is 1.55. The van der Waals surface area contributed by atoms with Crippen molar-refractivity contribution < 1.29 is 9.09 Å². The molecule has 0 bridgehead atoms. The van der Waals surface area contributed by atoms with E-state index in [0.29, 0.717) is 37.9 Å². The van der Waals surface area contributed by atoms with E-state index in [1.807, 2.05) is 18.5 Å². The summed E-state index contributed by atoms with van der Waals surface area (Å²) in [6, 6.07) is 0. The monoisotopic (exact) mass is 290 g/mol. The molecule has 1 atom stereocenters. The molecule has 0 saturated heterocycles. The van der Waals surface area contributed by atoms with Gasteiger partial charge in [0.25, 0.3) is 0 Å². The third-order valence-electron chi connectivity index (χ3n) is 2.37. The average Bonchev–Trinajstić information content (AvgIpc) is 2.30. The van der Waals surface area contributed by atoms with Crippen LogP contribution in [0.3, 0.4) is 0 Å². The van der Waals surface area contributed by atoms with Crippen molar-refractivity contribution in [3.8, 4) is 0 Å². The molecule has 0 aliphatic carbocycles. The van der Waals surface area contributed by atoms with Crippen LogP contribution in [0.15, 0.2) is 0 Å². The molecule has 1 unspecified atom stereocenters. The fourth-order valence-corrected chi connectivity index (χ4v) is 4.43. The van der Waals surface area contributed by atoms with Crippen LogP contribution < -0.4 is 0 Å². The zero-order chi connectivity index (χ0) is 12.6. The van der Waals surface area contributed by atoms with Gasteiger partial charge in [-0.15, -0.1) is 23.2 Å². The highest BCUT2D eigenvalue weighted by atomic mass is 35.5. The molecule has 7 heteroatoms. The maximum Gasteiger partial charge on any atom is 0.345 e. The lowest BCUT2D eigenvalue weighted by molar-refractivity contribution is 0.252. The minimum absolute atomic E-state index is 0.408. The Morgan fingerprint density at radius 2 is 1.50 bits per heavy atom. The van der Waals surface area contributed by atoms with Gasteiger partial charge in [0.05, 0.1) is 0 Å². The number of alkyl halides is 2. The smallest absolute Gasteiger partial charge is 0.309 e. The number of hydrogen-bond donors (Lipinski definition) is 0. The quantitative estimate of drug-likeness (QED) is 0.483. The van der Waals surface area contributed by atoms with Crippen LogP contribution in [0.25, 0.3) is 0 Å². The number of hydrogen-bond acceptors (Lipinski definition) is 2. The molecule has 0 fully saturated rings. The van der Waals surface area contributed by atoms with Crippen molar-refractivity contribution in [3.63, 3.8) is 0 Å². The van der Waals surface area contributed by atoms with E-state index in [-0.39, 0.29) is 0 Å². The van der Waals surface area contributed by atoms with Gasteiger partial charge in [-0.2, -0.15) is 0 Å². The van der Waals surface area contributed by atoms with Crippen LogP contribution in [0.1, 0.15) is 13.8 Å². The van der Waals surface area contributed by atoms with Crippen molar-refractivity contribution in [1.29, 1.82) is 0 Å². The van der Waals surface area contributed by atoms with Gasteiger partial charge >= 0.3 is 7.67 Å². The Kier molecular flexibility index (Phi) is 9.11. The van der Waals surface area contributed by atoms with Crippen LogP contribution >= 0.6 is 30.9 Å². The van der Waals surface area contributed by atoms with Gasteiger partial charge < -0.3 is 4.52 Å². The van der Waals surface area contributed by atoms with Gasteiger partial charge in [-0.3, -0.25) is 4.57 Å². The first kappa shape index (κ1) is 16.7. The largest absolute Gasteiger partial charge is 0.345 e. The number of halogens is 2. The molecule has 0 aromatic carbocycles. The summed E-state index contributed by atoms with van der Waals surface area (Å²) in [5, 5.41) is 0. The lowest BCUT2D eigenvalue weighted by Crippen LogP contribution is -2.35. The summed E-state index contributed by atoms with van der Waals surface area (Å²) in [6.07, 6.45) is 0. The molecule has 0 N–H and O–H groups in total. The summed E-state index contributed by atoms with van der Waals surface area (Å²) in [6.45, 7) is 6.26. The maximum absolute atomic E-state index is 12.7. The van der Waals surface area contributed by atoms with E-state index in [2.05, 4.69) is 0 Å². The lowest BCUT2D eigenvalue weighted by Gasteiger charge is -2.35. The summed E-state index contributed by atoms with van der Waals surface area (Å²) in [5.41, 5.74) is 0. The molecule has 0 aliphatic heterocycles. The Morgan fingerprint density at radius 3 is 1.75 bits per heavy atom. The Bertz CT molecular complexity index is 222.